The quantitative estimate of drug-likeness (QED) is 0.683. The van der Waals surface area contributed by atoms with Gasteiger partial charge in [0.25, 0.3) is 0 Å². The Bertz CT molecular complexity index is 219. The lowest BCUT2D eigenvalue weighted by Gasteiger charge is -2.33. The number of nitrogens with zero attached hydrogens (tertiary/aromatic N) is 1. The van der Waals surface area contributed by atoms with Crippen molar-refractivity contribution in [2.45, 2.75) is 31.7 Å². The second-order valence-corrected chi connectivity index (χ2v) is 4.55. The maximum atomic E-state index is 12.1. The number of hydrogen-bond donors (Lipinski definition) is 1. The van der Waals surface area contributed by atoms with Gasteiger partial charge >= 0.3 is 0 Å². The third-order valence-corrected chi connectivity index (χ3v) is 3.44. The Morgan fingerprint density at radius 2 is 1.73 bits per heavy atom. The molecule has 0 aromatic rings. The van der Waals surface area contributed by atoms with E-state index in [2.05, 4.69) is 0 Å². The molecule has 1 saturated carbocycles. The third kappa shape index (κ3) is 2.69. The first-order valence-electron chi connectivity index (χ1n) is 5.89. The zero-order valence-corrected chi connectivity index (χ0v) is 9.15. The van der Waals surface area contributed by atoms with E-state index in [0.717, 1.165) is 38.8 Å². The normalized spacial score (nSPS) is 32.7. The van der Waals surface area contributed by atoms with Crippen LogP contribution < -0.4 is 5.73 Å². The van der Waals surface area contributed by atoms with Crippen molar-refractivity contribution < 1.29 is 9.53 Å². The fraction of sp³-hybridized carbons (Fsp3) is 0.909. The lowest BCUT2D eigenvalue weighted by Crippen LogP contribution is -2.45. The Kier molecular flexibility index (Phi) is 3.59. The number of morpholine rings is 1. The van der Waals surface area contributed by atoms with Crippen molar-refractivity contribution in [3.8, 4) is 0 Å². The van der Waals surface area contributed by atoms with Crippen LogP contribution in [0.1, 0.15) is 25.7 Å². The van der Waals surface area contributed by atoms with E-state index in [-0.39, 0.29) is 5.92 Å². The molecule has 0 radical (unpaired) electrons. The fourth-order valence-corrected chi connectivity index (χ4v) is 2.41. The van der Waals surface area contributed by atoms with Crippen LogP contribution in [-0.2, 0) is 9.53 Å². The van der Waals surface area contributed by atoms with E-state index in [9.17, 15) is 4.79 Å². The van der Waals surface area contributed by atoms with Crippen molar-refractivity contribution in [3.05, 3.63) is 0 Å². The van der Waals surface area contributed by atoms with Gasteiger partial charge in [0.15, 0.2) is 0 Å². The van der Waals surface area contributed by atoms with Gasteiger partial charge in [-0.2, -0.15) is 0 Å². The highest BCUT2D eigenvalue weighted by Crippen LogP contribution is 2.25. The summed E-state index contributed by atoms with van der Waals surface area (Å²) in [5.41, 5.74) is 5.83. The number of carbonyl (C=O) groups excluding carboxylic acids is 1. The van der Waals surface area contributed by atoms with Gasteiger partial charge in [0.05, 0.1) is 13.2 Å². The summed E-state index contributed by atoms with van der Waals surface area (Å²) < 4.78 is 5.24. The van der Waals surface area contributed by atoms with E-state index in [1.807, 2.05) is 4.90 Å². The average molecular weight is 212 g/mol. The lowest BCUT2D eigenvalue weighted by atomic mass is 9.85. The molecule has 4 nitrogen and oxygen atoms in total. The molecule has 2 N–H and O–H groups in total. The number of amides is 1. The van der Waals surface area contributed by atoms with E-state index in [4.69, 9.17) is 10.5 Å². The lowest BCUT2D eigenvalue weighted by molar-refractivity contribution is -0.140. The molecule has 2 aliphatic rings. The first-order chi connectivity index (χ1) is 7.27. The first kappa shape index (κ1) is 10.9. The molecular weight excluding hydrogens is 192 g/mol. The minimum atomic E-state index is 0.225. The van der Waals surface area contributed by atoms with Crippen LogP contribution in [0.2, 0.25) is 0 Å². The van der Waals surface area contributed by atoms with Gasteiger partial charge in [0.2, 0.25) is 5.91 Å². The minimum Gasteiger partial charge on any atom is -0.378 e. The zero-order chi connectivity index (χ0) is 10.7. The van der Waals surface area contributed by atoms with Crippen molar-refractivity contribution in [2.24, 2.45) is 11.7 Å². The fourth-order valence-electron chi connectivity index (χ4n) is 2.41. The first-order valence-corrected chi connectivity index (χ1v) is 5.89. The number of nitrogens with two attached hydrogens (primary N) is 1. The maximum absolute atomic E-state index is 12.1. The van der Waals surface area contributed by atoms with Crippen LogP contribution in [0.25, 0.3) is 0 Å². The molecular formula is C11H20N2O2. The molecule has 0 spiro atoms. The molecule has 2 fully saturated rings. The summed E-state index contributed by atoms with van der Waals surface area (Å²) in [5.74, 6) is 0.549. The van der Waals surface area contributed by atoms with Crippen molar-refractivity contribution in [1.82, 2.24) is 4.90 Å². The molecule has 1 amide bonds. The summed E-state index contributed by atoms with van der Waals surface area (Å²) in [4.78, 5) is 14.0. The van der Waals surface area contributed by atoms with Gasteiger partial charge < -0.3 is 15.4 Å². The second-order valence-electron chi connectivity index (χ2n) is 4.55. The average Bonchev–Trinajstić information content (AvgIpc) is 2.30. The number of carbonyl (C=O) groups is 1. The molecule has 0 atom stereocenters. The van der Waals surface area contributed by atoms with Gasteiger partial charge in [-0.15, -0.1) is 0 Å². The molecule has 0 unspecified atom stereocenters. The zero-order valence-electron chi connectivity index (χ0n) is 9.15. The van der Waals surface area contributed by atoms with Gasteiger partial charge in [0.1, 0.15) is 0 Å². The molecule has 86 valence electrons. The van der Waals surface area contributed by atoms with E-state index < -0.39 is 0 Å². The summed E-state index contributed by atoms with van der Waals surface area (Å²) >= 11 is 0. The van der Waals surface area contributed by atoms with Crippen molar-refractivity contribution >= 4 is 5.91 Å². The maximum Gasteiger partial charge on any atom is 0.225 e. The highest BCUT2D eigenvalue weighted by molar-refractivity contribution is 5.79. The summed E-state index contributed by atoms with van der Waals surface area (Å²) in [6.45, 7) is 2.92. The molecule has 1 heterocycles. The van der Waals surface area contributed by atoms with Gasteiger partial charge in [-0.1, -0.05) is 0 Å². The van der Waals surface area contributed by atoms with Gasteiger partial charge in [-0.3, -0.25) is 4.79 Å². The molecule has 0 aromatic carbocycles. The second kappa shape index (κ2) is 4.94. The van der Waals surface area contributed by atoms with Crippen LogP contribution in [0.4, 0.5) is 0 Å². The van der Waals surface area contributed by atoms with E-state index >= 15 is 0 Å². The van der Waals surface area contributed by atoms with E-state index in [1.54, 1.807) is 0 Å². The molecule has 15 heavy (non-hydrogen) atoms. The number of rotatable bonds is 1. The smallest absolute Gasteiger partial charge is 0.225 e. The van der Waals surface area contributed by atoms with Crippen LogP contribution in [0, 0.1) is 5.92 Å². The number of hydrogen-bond acceptors (Lipinski definition) is 3. The van der Waals surface area contributed by atoms with Gasteiger partial charge in [-0.25, -0.2) is 0 Å². The van der Waals surface area contributed by atoms with Gasteiger partial charge in [0, 0.05) is 25.0 Å². The summed E-state index contributed by atoms with van der Waals surface area (Å²) in [5, 5.41) is 0. The Labute approximate surface area is 90.8 Å². The Balaban J connectivity index is 1.84. The molecule has 2 rings (SSSR count). The Morgan fingerprint density at radius 1 is 1.13 bits per heavy atom. The molecule has 1 aliphatic heterocycles. The van der Waals surface area contributed by atoms with Crippen LogP contribution in [0.3, 0.4) is 0 Å². The van der Waals surface area contributed by atoms with Crippen molar-refractivity contribution in [2.75, 3.05) is 26.3 Å². The predicted molar refractivity (Wildman–Crippen MR) is 57.3 cm³/mol. The Morgan fingerprint density at radius 3 is 2.33 bits per heavy atom. The van der Waals surface area contributed by atoms with Crippen molar-refractivity contribution in [1.29, 1.82) is 0 Å². The minimum absolute atomic E-state index is 0.225. The van der Waals surface area contributed by atoms with Crippen molar-refractivity contribution in [3.63, 3.8) is 0 Å². The topological polar surface area (TPSA) is 55.6 Å². The molecule has 4 heteroatoms. The molecule has 0 bridgehead atoms. The molecule has 0 aromatic heterocycles. The summed E-state index contributed by atoms with van der Waals surface area (Å²) in [6, 6.07) is 0.318. The largest absolute Gasteiger partial charge is 0.378 e. The van der Waals surface area contributed by atoms with Crippen LogP contribution >= 0.6 is 0 Å². The van der Waals surface area contributed by atoms with Crippen LogP contribution in [0.5, 0.6) is 0 Å². The Hall–Kier alpha value is -0.610. The standard InChI is InChI=1S/C11H20N2O2/c12-10-3-1-9(2-4-10)11(14)13-5-7-15-8-6-13/h9-10H,1-8,12H2. The molecule has 1 saturated heterocycles. The third-order valence-electron chi connectivity index (χ3n) is 3.44. The summed E-state index contributed by atoms with van der Waals surface area (Å²) in [7, 11) is 0. The van der Waals surface area contributed by atoms with Gasteiger partial charge in [-0.05, 0) is 25.7 Å². The summed E-state index contributed by atoms with van der Waals surface area (Å²) in [6.07, 6.45) is 3.94. The van der Waals surface area contributed by atoms with E-state index in [0.29, 0.717) is 25.2 Å². The number of ether oxygens (including phenoxy) is 1. The van der Waals surface area contributed by atoms with E-state index in [1.165, 1.54) is 0 Å². The highest BCUT2D eigenvalue weighted by atomic mass is 16.5. The predicted octanol–water partition coefficient (Wildman–Crippen LogP) is 0.363. The highest BCUT2D eigenvalue weighted by Gasteiger charge is 2.28. The van der Waals surface area contributed by atoms with Crippen LogP contribution in [0.15, 0.2) is 0 Å². The SMILES string of the molecule is NC1CCC(C(=O)N2CCOCC2)CC1. The monoisotopic (exact) mass is 212 g/mol. The van der Waals surface area contributed by atoms with Crippen LogP contribution in [-0.4, -0.2) is 43.2 Å². The molecule has 1 aliphatic carbocycles.